The smallest absolute Gasteiger partial charge is 0.222 e. The number of rotatable bonds is 0. The molecule has 12 heavy (non-hydrogen) atoms. The van der Waals surface area contributed by atoms with E-state index >= 15 is 0 Å². The predicted octanol–water partition coefficient (Wildman–Crippen LogP) is 1.50. The van der Waals surface area contributed by atoms with Gasteiger partial charge in [-0.25, -0.2) is 4.98 Å². The van der Waals surface area contributed by atoms with Crippen molar-refractivity contribution in [3.8, 4) is 0 Å². The summed E-state index contributed by atoms with van der Waals surface area (Å²) in [5.41, 5.74) is 5.41. The molecule has 0 aliphatic rings. The lowest BCUT2D eigenvalue weighted by molar-refractivity contribution is 0.496. The van der Waals surface area contributed by atoms with Crippen LogP contribution in [0.25, 0.3) is 0 Å². The van der Waals surface area contributed by atoms with E-state index in [0.717, 1.165) is 0 Å². The van der Waals surface area contributed by atoms with E-state index in [1.54, 1.807) is 0 Å². The highest BCUT2D eigenvalue weighted by molar-refractivity contribution is 5.23. The first kappa shape index (κ1) is 8.90. The van der Waals surface area contributed by atoms with Gasteiger partial charge in [-0.2, -0.15) is 9.37 Å². The second kappa shape index (κ2) is 2.69. The first-order chi connectivity index (χ1) is 5.41. The molecular formula is C8H12FN3. The summed E-state index contributed by atoms with van der Waals surface area (Å²) in [5, 5.41) is 0. The van der Waals surface area contributed by atoms with E-state index in [0.29, 0.717) is 5.56 Å². The Balaban J connectivity index is 3.19. The molecule has 0 unspecified atom stereocenters. The van der Waals surface area contributed by atoms with Gasteiger partial charge >= 0.3 is 0 Å². The van der Waals surface area contributed by atoms with Gasteiger partial charge in [-0.1, -0.05) is 20.8 Å². The van der Waals surface area contributed by atoms with E-state index in [2.05, 4.69) is 9.97 Å². The highest BCUT2D eigenvalue weighted by atomic mass is 19.1. The predicted molar refractivity (Wildman–Crippen MR) is 45.1 cm³/mol. The average Bonchev–Trinajstić information content (AvgIpc) is 1.83. The second-order valence-corrected chi connectivity index (χ2v) is 3.68. The van der Waals surface area contributed by atoms with Gasteiger partial charge in [0.2, 0.25) is 11.9 Å². The van der Waals surface area contributed by atoms with Crippen molar-refractivity contribution in [2.75, 3.05) is 5.73 Å². The Hall–Kier alpha value is -1.19. The molecule has 0 radical (unpaired) electrons. The molecule has 66 valence electrons. The summed E-state index contributed by atoms with van der Waals surface area (Å²) in [6, 6.07) is 0. The Labute approximate surface area is 70.8 Å². The maximum absolute atomic E-state index is 13.1. The normalized spacial score (nSPS) is 11.7. The summed E-state index contributed by atoms with van der Waals surface area (Å²) < 4.78 is 13.1. The van der Waals surface area contributed by atoms with E-state index in [1.807, 2.05) is 20.8 Å². The first-order valence-electron chi connectivity index (χ1n) is 3.70. The zero-order valence-corrected chi connectivity index (χ0v) is 7.43. The van der Waals surface area contributed by atoms with Crippen molar-refractivity contribution >= 4 is 5.95 Å². The Morgan fingerprint density at radius 2 is 2.00 bits per heavy atom. The highest BCUT2D eigenvalue weighted by Gasteiger charge is 2.19. The molecule has 0 fully saturated rings. The molecule has 0 aliphatic heterocycles. The van der Waals surface area contributed by atoms with Gasteiger partial charge in [0.05, 0.1) is 0 Å². The fourth-order valence-electron chi connectivity index (χ4n) is 0.877. The van der Waals surface area contributed by atoms with Gasteiger partial charge in [0.15, 0.2) is 0 Å². The molecular weight excluding hydrogens is 157 g/mol. The SMILES string of the molecule is CC(C)(C)c1cnc(N)nc1F. The van der Waals surface area contributed by atoms with Crippen molar-refractivity contribution in [2.24, 2.45) is 0 Å². The van der Waals surface area contributed by atoms with Crippen molar-refractivity contribution < 1.29 is 4.39 Å². The molecule has 0 saturated heterocycles. The quantitative estimate of drug-likeness (QED) is 0.599. The van der Waals surface area contributed by atoms with Gasteiger partial charge in [0, 0.05) is 11.8 Å². The summed E-state index contributed by atoms with van der Waals surface area (Å²) in [4.78, 5) is 7.17. The van der Waals surface area contributed by atoms with Gasteiger partial charge in [-0.3, -0.25) is 0 Å². The lowest BCUT2D eigenvalue weighted by atomic mass is 9.89. The van der Waals surface area contributed by atoms with Crippen LogP contribution in [0.2, 0.25) is 0 Å². The third kappa shape index (κ3) is 1.69. The molecule has 0 saturated carbocycles. The number of hydrogen-bond donors (Lipinski definition) is 1. The topological polar surface area (TPSA) is 51.8 Å². The van der Waals surface area contributed by atoms with Gasteiger partial charge < -0.3 is 5.73 Å². The molecule has 0 aliphatic carbocycles. The number of nitrogens with zero attached hydrogens (tertiary/aromatic N) is 2. The van der Waals surface area contributed by atoms with E-state index < -0.39 is 5.95 Å². The van der Waals surface area contributed by atoms with E-state index in [4.69, 9.17) is 5.73 Å². The van der Waals surface area contributed by atoms with Crippen molar-refractivity contribution in [1.29, 1.82) is 0 Å². The van der Waals surface area contributed by atoms with Crippen LogP contribution in [0.3, 0.4) is 0 Å². The molecule has 0 amide bonds. The minimum absolute atomic E-state index is 0.0273. The van der Waals surface area contributed by atoms with Crippen LogP contribution in [-0.4, -0.2) is 9.97 Å². The Morgan fingerprint density at radius 3 is 2.42 bits per heavy atom. The van der Waals surface area contributed by atoms with Gasteiger partial charge in [0.1, 0.15) is 0 Å². The lowest BCUT2D eigenvalue weighted by Crippen LogP contribution is -2.16. The van der Waals surface area contributed by atoms with Gasteiger partial charge in [-0.05, 0) is 5.41 Å². The first-order valence-corrected chi connectivity index (χ1v) is 3.70. The molecule has 1 aromatic rings. The Bertz CT molecular complexity index is 291. The maximum Gasteiger partial charge on any atom is 0.222 e. The van der Waals surface area contributed by atoms with E-state index in [9.17, 15) is 4.39 Å². The number of anilines is 1. The van der Waals surface area contributed by atoms with Gasteiger partial charge in [0.25, 0.3) is 0 Å². The maximum atomic E-state index is 13.1. The van der Waals surface area contributed by atoms with Crippen LogP contribution >= 0.6 is 0 Å². The minimum Gasteiger partial charge on any atom is -0.368 e. The Kier molecular flexibility index (Phi) is 2.00. The van der Waals surface area contributed by atoms with Gasteiger partial charge in [-0.15, -0.1) is 0 Å². The van der Waals surface area contributed by atoms with Crippen molar-refractivity contribution in [3.63, 3.8) is 0 Å². The molecule has 1 aromatic heterocycles. The monoisotopic (exact) mass is 169 g/mol. The third-order valence-corrected chi connectivity index (χ3v) is 1.57. The van der Waals surface area contributed by atoms with Crippen LogP contribution < -0.4 is 5.73 Å². The summed E-state index contributed by atoms with van der Waals surface area (Å²) in [6.07, 6.45) is 1.43. The van der Waals surface area contributed by atoms with Crippen LogP contribution in [0.4, 0.5) is 10.3 Å². The zero-order valence-electron chi connectivity index (χ0n) is 7.43. The van der Waals surface area contributed by atoms with Crippen LogP contribution in [0, 0.1) is 5.95 Å². The molecule has 1 rings (SSSR count). The largest absolute Gasteiger partial charge is 0.368 e. The fraction of sp³-hybridized carbons (Fsp3) is 0.500. The zero-order chi connectivity index (χ0) is 9.35. The van der Waals surface area contributed by atoms with Crippen molar-refractivity contribution in [2.45, 2.75) is 26.2 Å². The fourth-order valence-corrected chi connectivity index (χ4v) is 0.877. The number of aromatic nitrogens is 2. The number of nitrogen functional groups attached to an aromatic ring is 1. The van der Waals surface area contributed by atoms with Crippen LogP contribution in [0.5, 0.6) is 0 Å². The third-order valence-electron chi connectivity index (χ3n) is 1.57. The molecule has 4 heteroatoms. The standard InChI is InChI=1S/C8H12FN3/c1-8(2,3)5-4-11-7(10)12-6(5)9/h4H,1-3H3,(H2,10,11,12). The highest BCUT2D eigenvalue weighted by Crippen LogP contribution is 2.23. The molecule has 3 nitrogen and oxygen atoms in total. The van der Waals surface area contributed by atoms with Crippen molar-refractivity contribution in [1.82, 2.24) is 9.97 Å². The van der Waals surface area contributed by atoms with Crippen LogP contribution in [0.1, 0.15) is 26.3 Å². The molecule has 0 spiro atoms. The minimum atomic E-state index is -0.532. The van der Waals surface area contributed by atoms with E-state index in [-0.39, 0.29) is 11.4 Å². The second-order valence-electron chi connectivity index (χ2n) is 3.68. The van der Waals surface area contributed by atoms with E-state index in [1.165, 1.54) is 6.20 Å². The summed E-state index contributed by atoms with van der Waals surface area (Å²) >= 11 is 0. The van der Waals surface area contributed by atoms with Crippen molar-refractivity contribution in [3.05, 3.63) is 17.7 Å². The molecule has 1 heterocycles. The summed E-state index contributed by atoms with van der Waals surface area (Å²) in [5.74, 6) is -0.560. The average molecular weight is 169 g/mol. The molecule has 0 aromatic carbocycles. The van der Waals surface area contributed by atoms with Crippen LogP contribution in [-0.2, 0) is 5.41 Å². The number of halogens is 1. The molecule has 0 bridgehead atoms. The molecule has 2 N–H and O–H groups in total. The summed E-state index contributed by atoms with van der Waals surface area (Å²) in [6.45, 7) is 5.68. The number of hydrogen-bond acceptors (Lipinski definition) is 3. The lowest BCUT2D eigenvalue weighted by Gasteiger charge is -2.18. The van der Waals surface area contributed by atoms with Crippen LogP contribution in [0.15, 0.2) is 6.20 Å². The summed E-state index contributed by atoms with van der Waals surface area (Å²) in [7, 11) is 0. The Morgan fingerprint density at radius 1 is 1.42 bits per heavy atom. The number of nitrogens with two attached hydrogens (primary N) is 1. The molecule has 0 atom stereocenters.